The first kappa shape index (κ1) is 12.8. The van der Waals surface area contributed by atoms with Crippen LogP contribution in [0.4, 0.5) is 0 Å². The van der Waals surface area contributed by atoms with Gasteiger partial charge < -0.3 is 5.73 Å². The van der Waals surface area contributed by atoms with Crippen molar-refractivity contribution in [3.05, 3.63) is 34.9 Å². The van der Waals surface area contributed by atoms with E-state index in [0.717, 1.165) is 43.3 Å². The van der Waals surface area contributed by atoms with Gasteiger partial charge in [0.15, 0.2) is 0 Å². The van der Waals surface area contributed by atoms with E-state index in [9.17, 15) is 9.59 Å². The van der Waals surface area contributed by atoms with Crippen LogP contribution in [0.1, 0.15) is 34.3 Å². The van der Waals surface area contributed by atoms with Crippen LogP contribution in [0.15, 0.2) is 18.2 Å². The monoisotopic (exact) mass is 246 g/mol. The molecule has 0 aliphatic carbocycles. The summed E-state index contributed by atoms with van der Waals surface area (Å²) in [5.74, 6) is -0.241. The summed E-state index contributed by atoms with van der Waals surface area (Å²) in [6, 6.07) is 5.49. The topological polar surface area (TPSA) is 63.4 Å². The third-order valence-corrected chi connectivity index (χ3v) is 3.57. The molecule has 0 spiro atoms. The largest absolute Gasteiger partial charge is 0.368 e. The van der Waals surface area contributed by atoms with Crippen molar-refractivity contribution >= 4 is 12.2 Å². The van der Waals surface area contributed by atoms with Crippen LogP contribution in [0.2, 0.25) is 0 Å². The van der Waals surface area contributed by atoms with E-state index in [1.54, 1.807) is 0 Å². The predicted molar refractivity (Wildman–Crippen MR) is 69.2 cm³/mol. The molecular weight excluding hydrogens is 228 g/mol. The Balaban J connectivity index is 2.14. The molecule has 96 valence electrons. The highest BCUT2D eigenvalue weighted by atomic mass is 16.1. The van der Waals surface area contributed by atoms with Crippen LogP contribution in [0.5, 0.6) is 0 Å². The number of likely N-dealkylation sites (tertiary alicyclic amines) is 1. The quantitative estimate of drug-likeness (QED) is 0.813. The molecule has 1 unspecified atom stereocenters. The van der Waals surface area contributed by atoms with E-state index in [-0.39, 0.29) is 11.9 Å². The molecule has 1 heterocycles. The third-order valence-electron chi connectivity index (χ3n) is 3.57. The highest BCUT2D eigenvalue weighted by Gasteiger charge is 2.28. The van der Waals surface area contributed by atoms with Crippen LogP contribution in [-0.2, 0) is 11.3 Å². The van der Waals surface area contributed by atoms with Crippen LogP contribution in [-0.4, -0.2) is 29.7 Å². The lowest BCUT2D eigenvalue weighted by atomic mass is 10.0. The Labute approximate surface area is 107 Å². The first-order valence-corrected chi connectivity index (χ1v) is 6.20. The van der Waals surface area contributed by atoms with Gasteiger partial charge in [-0.05, 0) is 43.5 Å². The Morgan fingerprint density at radius 2 is 2.33 bits per heavy atom. The molecule has 18 heavy (non-hydrogen) atoms. The zero-order chi connectivity index (χ0) is 13.1. The summed E-state index contributed by atoms with van der Waals surface area (Å²) in [5, 5.41) is 0. The van der Waals surface area contributed by atoms with Gasteiger partial charge in [0, 0.05) is 12.1 Å². The molecule has 1 atom stereocenters. The van der Waals surface area contributed by atoms with Gasteiger partial charge >= 0.3 is 0 Å². The molecular formula is C14H18N2O2. The summed E-state index contributed by atoms with van der Waals surface area (Å²) in [4.78, 5) is 24.1. The number of carbonyl (C=O) groups excluding carboxylic acids is 2. The molecule has 0 bridgehead atoms. The molecule has 0 aromatic heterocycles. The van der Waals surface area contributed by atoms with Gasteiger partial charge in [0.2, 0.25) is 5.91 Å². The standard InChI is InChI=1S/C14H18N2O2/c1-10-7-11(9-17)4-5-12(10)8-16-6-2-3-13(16)14(15)18/h4-5,7,9,13H,2-3,6,8H2,1H3,(H2,15,18). The van der Waals surface area contributed by atoms with Gasteiger partial charge in [0.1, 0.15) is 6.29 Å². The van der Waals surface area contributed by atoms with Crippen LogP contribution in [0.3, 0.4) is 0 Å². The molecule has 1 aromatic carbocycles. The minimum absolute atomic E-state index is 0.143. The number of rotatable bonds is 4. The Kier molecular flexibility index (Phi) is 3.77. The lowest BCUT2D eigenvalue weighted by molar-refractivity contribution is -0.122. The highest BCUT2D eigenvalue weighted by Crippen LogP contribution is 2.21. The number of nitrogens with two attached hydrogens (primary N) is 1. The first-order valence-electron chi connectivity index (χ1n) is 6.20. The second-order valence-electron chi connectivity index (χ2n) is 4.83. The minimum atomic E-state index is -0.241. The van der Waals surface area contributed by atoms with Crippen molar-refractivity contribution in [2.75, 3.05) is 6.54 Å². The second kappa shape index (κ2) is 5.31. The molecule has 1 aromatic rings. The molecule has 4 nitrogen and oxygen atoms in total. The third kappa shape index (κ3) is 2.59. The minimum Gasteiger partial charge on any atom is -0.368 e. The summed E-state index contributed by atoms with van der Waals surface area (Å²) in [6.45, 7) is 3.61. The van der Waals surface area contributed by atoms with E-state index in [4.69, 9.17) is 5.73 Å². The normalized spacial score (nSPS) is 19.9. The smallest absolute Gasteiger partial charge is 0.234 e. The molecule has 0 saturated carbocycles. The number of nitrogens with zero attached hydrogens (tertiary/aromatic N) is 1. The molecule has 1 aliphatic rings. The van der Waals surface area contributed by atoms with Gasteiger partial charge in [0.25, 0.3) is 0 Å². The van der Waals surface area contributed by atoms with Crippen LogP contribution < -0.4 is 5.73 Å². The van der Waals surface area contributed by atoms with E-state index in [2.05, 4.69) is 4.90 Å². The molecule has 0 radical (unpaired) electrons. The first-order chi connectivity index (χ1) is 8.61. The van der Waals surface area contributed by atoms with Crippen molar-refractivity contribution < 1.29 is 9.59 Å². The highest BCUT2D eigenvalue weighted by molar-refractivity contribution is 5.80. The fourth-order valence-corrected chi connectivity index (χ4v) is 2.53. The average molecular weight is 246 g/mol. The van der Waals surface area contributed by atoms with Gasteiger partial charge in [-0.25, -0.2) is 0 Å². The maximum Gasteiger partial charge on any atom is 0.234 e. The summed E-state index contributed by atoms with van der Waals surface area (Å²) in [7, 11) is 0. The Morgan fingerprint density at radius 3 is 2.94 bits per heavy atom. The maximum absolute atomic E-state index is 11.3. The number of amides is 1. The lowest BCUT2D eigenvalue weighted by Gasteiger charge is -2.22. The van der Waals surface area contributed by atoms with Crippen molar-refractivity contribution in [1.29, 1.82) is 0 Å². The van der Waals surface area contributed by atoms with Crippen LogP contribution in [0, 0.1) is 6.92 Å². The number of primary amides is 1. The lowest BCUT2D eigenvalue weighted by Crippen LogP contribution is -2.39. The molecule has 1 aliphatic heterocycles. The zero-order valence-electron chi connectivity index (χ0n) is 10.6. The summed E-state index contributed by atoms with van der Waals surface area (Å²) >= 11 is 0. The molecule has 2 N–H and O–H groups in total. The molecule has 1 amide bonds. The van der Waals surface area contributed by atoms with Crippen molar-refractivity contribution in [2.45, 2.75) is 32.4 Å². The number of carbonyl (C=O) groups is 2. The number of hydrogen-bond acceptors (Lipinski definition) is 3. The van der Waals surface area contributed by atoms with Gasteiger partial charge in [-0.1, -0.05) is 12.1 Å². The van der Waals surface area contributed by atoms with E-state index in [0.29, 0.717) is 5.56 Å². The number of aryl methyl sites for hydroxylation is 1. The van der Waals surface area contributed by atoms with E-state index >= 15 is 0 Å². The maximum atomic E-state index is 11.3. The van der Waals surface area contributed by atoms with Crippen molar-refractivity contribution in [3.63, 3.8) is 0 Å². The fraction of sp³-hybridized carbons (Fsp3) is 0.429. The molecule has 2 rings (SSSR count). The van der Waals surface area contributed by atoms with Gasteiger partial charge in [-0.3, -0.25) is 14.5 Å². The average Bonchev–Trinajstić information content (AvgIpc) is 2.80. The van der Waals surface area contributed by atoms with Gasteiger partial charge in [0.05, 0.1) is 6.04 Å². The number of benzene rings is 1. The SMILES string of the molecule is Cc1cc(C=O)ccc1CN1CCCC1C(N)=O. The molecule has 4 heteroatoms. The Morgan fingerprint density at radius 1 is 1.56 bits per heavy atom. The summed E-state index contributed by atoms with van der Waals surface area (Å²) in [6.07, 6.45) is 2.71. The zero-order valence-corrected chi connectivity index (χ0v) is 10.6. The number of hydrogen-bond donors (Lipinski definition) is 1. The van der Waals surface area contributed by atoms with E-state index < -0.39 is 0 Å². The Bertz CT molecular complexity index is 471. The van der Waals surface area contributed by atoms with E-state index in [1.807, 2.05) is 25.1 Å². The van der Waals surface area contributed by atoms with Gasteiger partial charge in [-0.2, -0.15) is 0 Å². The number of aldehydes is 1. The van der Waals surface area contributed by atoms with Crippen molar-refractivity contribution in [3.8, 4) is 0 Å². The Hall–Kier alpha value is -1.68. The van der Waals surface area contributed by atoms with Crippen molar-refractivity contribution in [1.82, 2.24) is 4.90 Å². The summed E-state index contributed by atoms with van der Waals surface area (Å²) < 4.78 is 0. The fourth-order valence-electron chi connectivity index (χ4n) is 2.53. The van der Waals surface area contributed by atoms with E-state index in [1.165, 1.54) is 0 Å². The molecule has 1 fully saturated rings. The second-order valence-corrected chi connectivity index (χ2v) is 4.83. The van der Waals surface area contributed by atoms with Crippen LogP contribution >= 0.6 is 0 Å². The van der Waals surface area contributed by atoms with Gasteiger partial charge in [-0.15, -0.1) is 0 Å². The van der Waals surface area contributed by atoms with Crippen LogP contribution in [0.25, 0.3) is 0 Å². The molecule has 1 saturated heterocycles. The van der Waals surface area contributed by atoms with Crippen molar-refractivity contribution in [2.24, 2.45) is 5.73 Å². The predicted octanol–water partition coefficient (Wildman–Crippen LogP) is 1.26. The summed E-state index contributed by atoms with van der Waals surface area (Å²) in [5.41, 5.74) is 8.31.